The summed E-state index contributed by atoms with van der Waals surface area (Å²) >= 11 is 0. The van der Waals surface area contributed by atoms with Crippen LogP contribution in [0.5, 0.6) is 0 Å². The first-order chi connectivity index (χ1) is 9.65. The number of amides is 1. The molecule has 0 aliphatic carbocycles. The van der Waals surface area contributed by atoms with Gasteiger partial charge in [0.05, 0.1) is 17.3 Å². The molecule has 1 amide bonds. The molecule has 2 N–H and O–H groups in total. The highest BCUT2D eigenvalue weighted by Gasteiger charge is 2.21. The summed E-state index contributed by atoms with van der Waals surface area (Å²) in [5.41, 5.74) is 1.34. The number of nitrogens with zero attached hydrogens (tertiary/aromatic N) is 2. The monoisotopic (exact) mass is 276 g/mol. The highest BCUT2D eigenvalue weighted by atomic mass is 16.1. The summed E-state index contributed by atoms with van der Waals surface area (Å²) in [5.74, 6) is 0.737. The van der Waals surface area contributed by atoms with Crippen molar-refractivity contribution in [1.82, 2.24) is 20.6 Å². The van der Waals surface area contributed by atoms with Gasteiger partial charge in [0.25, 0.3) is 5.91 Å². The van der Waals surface area contributed by atoms with E-state index < -0.39 is 0 Å². The number of aromatic nitrogens is 2. The van der Waals surface area contributed by atoms with E-state index in [-0.39, 0.29) is 18.0 Å². The van der Waals surface area contributed by atoms with Gasteiger partial charge in [-0.25, -0.2) is 9.97 Å². The molecule has 1 aromatic rings. The highest BCUT2D eigenvalue weighted by Crippen LogP contribution is 2.20. The molecular formula is C15H24N4O. The molecule has 1 aromatic heterocycles. The topological polar surface area (TPSA) is 66.9 Å². The Morgan fingerprint density at radius 2 is 2.25 bits per heavy atom. The summed E-state index contributed by atoms with van der Waals surface area (Å²) in [6, 6.07) is 0.461. The molecule has 20 heavy (non-hydrogen) atoms. The van der Waals surface area contributed by atoms with Crippen LogP contribution < -0.4 is 10.6 Å². The van der Waals surface area contributed by atoms with E-state index in [4.69, 9.17) is 0 Å². The molecule has 0 radical (unpaired) electrons. The van der Waals surface area contributed by atoms with E-state index in [0.29, 0.717) is 5.56 Å². The highest BCUT2D eigenvalue weighted by molar-refractivity contribution is 5.95. The maximum Gasteiger partial charge on any atom is 0.254 e. The number of hydrogen-bond acceptors (Lipinski definition) is 4. The average Bonchev–Trinajstić information content (AvgIpc) is 2.98. The minimum Gasteiger partial charge on any atom is -0.349 e. The van der Waals surface area contributed by atoms with E-state index in [1.54, 1.807) is 6.20 Å². The van der Waals surface area contributed by atoms with Crippen LogP contribution in [-0.4, -0.2) is 28.5 Å². The summed E-state index contributed by atoms with van der Waals surface area (Å²) in [6.45, 7) is 7.05. The first-order valence-corrected chi connectivity index (χ1v) is 7.53. The van der Waals surface area contributed by atoms with Crippen molar-refractivity contribution >= 4 is 5.91 Å². The van der Waals surface area contributed by atoms with Crippen molar-refractivity contribution in [2.45, 2.75) is 58.5 Å². The second-order valence-electron chi connectivity index (χ2n) is 5.36. The SMILES string of the molecule is CCC(CC)NC(=O)c1cnc([C@@H]2CCCN2)nc1C. The van der Waals surface area contributed by atoms with Crippen molar-refractivity contribution in [2.24, 2.45) is 0 Å². The van der Waals surface area contributed by atoms with Crippen molar-refractivity contribution in [3.05, 3.63) is 23.3 Å². The fourth-order valence-electron chi connectivity index (χ4n) is 2.54. The predicted octanol–water partition coefficient (Wildman–Crippen LogP) is 2.13. The maximum atomic E-state index is 12.2. The zero-order chi connectivity index (χ0) is 14.5. The summed E-state index contributed by atoms with van der Waals surface area (Å²) in [5, 5.41) is 6.40. The van der Waals surface area contributed by atoms with E-state index in [1.807, 2.05) is 6.92 Å². The van der Waals surface area contributed by atoms with Gasteiger partial charge in [0.1, 0.15) is 5.82 Å². The van der Waals surface area contributed by atoms with Crippen LogP contribution in [0.15, 0.2) is 6.20 Å². The van der Waals surface area contributed by atoms with Gasteiger partial charge in [-0.3, -0.25) is 4.79 Å². The quantitative estimate of drug-likeness (QED) is 0.864. The largest absolute Gasteiger partial charge is 0.349 e. The lowest BCUT2D eigenvalue weighted by atomic mass is 10.1. The second kappa shape index (κ2) is 6.79. The standard InChI is InChI=1S/C15H24N4O/c1-4-11(5-2)19-15(20)12-9-17-14(18-10(12)3)13-7-6-8-16-13/h9,11,13,16H,4-8H2,1-3H3,(H,19,20)/t13-/m0/s1. The third-order valence-electron chi connectivity index (χ3n) is 3.94. The molecular weight excluding hydrogens is 252 g/mol. The van der Waals surface area contributed by atoms with Crippen LogP contribution >= 0.6 is 0 Å². The lowest BCUT2D eigenvalue weighted by Crippen LogP contribution is -2.34. The molecule has 0 unspecified atom stereocenters. The summed E-state index contributed by atoms with van der Waals surface area (Å²) in [7, 11) is 0. The number of nitrogens with one attached hydrogen (secondary N) is 2. The van der Waals surface area contributed by atoms with E-state index in [1.165, 1.54) is 0 Å². The summed E-state index contributed by atoms with van der Waals surface area (Å²) in [6.07, 6.45) is 5.76. The Hall–Kier alpha value is -1.49. The van der Waals surface area contributed by atoms with Crippen LogP contribution in [0.4, 0.5) is 0 Å². The minimum atomic E-state index is -0.0675. The van der Waals surface area contributed by atoms with E-state index in [9.17, 15) is 4.79 Å². The van der Waals surface area contributed by atoms with Crippen molar-refractivity contribution < 1.29 is 4.79 Å². The molecule has 1 atom stereocenters. The van der Waals surface area contributed by atoms with E-state index in [0.717, 1.165) is 43.7 Å². The zero-order valence-corrected chi connectivity index (χ0v) is 12.6. The summed E-state index contributed by atoms with van der Waals surface area (Å²) < 4.78 is 0. The predicted molar refractivity (Wildman–Crippen MR) is 78.6 cm³/mol. The van der Waals surface area contributed by atoms with Crippen molar-refractivity contribution in [1.29, 1.82) is 0 Å². The third-order valence-corrected chi connectivity index (χ3v) is 3.94. The molecule has 110 valence electrons. The van der Waals surface area contributed by atoms with E-state index >= 15 is 0 Å². The van der Waals surface area contributed by atoms with Crippen LogP contribution in [0.3, 0.4) is 0 Å². The van der Waals surface area contributed by atoms with Gasteiger partial charge in [-0.2, -0.15) is 0 Å². The lowest BCUT2D eigenvalue weighted by Gasteiger charge is -2.16. The molecule has 2 heterocycles. The van der Waals surface area contributed by atoms with Gasteiger partial charge in [-0.1, -0.05) is 13.8 Å². The molecule has 0 bridgehead atoms. The summed E-state index contributed by atoms with van der Waals surface area (Å²) in [4.78, 5) is 21.1. The van der Waals surface area contributed by atoms with Gasteiger partial charge in [-0.15, -0.1) is 0 Å². The molecule has 5 nitrogen and oxygen atoms in total. The molecule has 1 aliphatic rings. The molecule has 0 aromatic carbocycles. The molecule has 5 heteroatoms. The van der Waals surface area contributed by atoms with Gasteiger partial charge < -0.3 is 10.6 Å². The number of carbonyl (C=O) groups excluding carboxylic acids is 1. The first kappa shape index (κ1) is 14.9. The Morgan fingerprint density at radius 1 is 1.50 bits per heavy atom. The Balaban J connectivity index is 2.10. The molecule has 1 saturated heterocycles. The Kier molecular flexibility index (Phi) is 5.06. The van der Waals surface area contributed by atoms with Crippen LogP contribution in [0.2, 0.25) is 0 Å². The fraction of sp³-hybridized carbons (Fsp3) is 0.667. The Labute approximate surface area is 120 Å². The fourth-order valence-corrected chi connectivity index (χ4v) is 2.54. The lowest BCUT2D eigenvalue weighted by molar-refractivity contribution is 0.0933. The van der Waals surface area contributed by atoms with Crippen LogP contribution in [0, 0.1) is 6.92 Å². The van der Waals surface area contributed by atoms with Crippen LogP contribution in [-0.2, 0) is 0 Å². The maximum absolute atomic E-state index is 12.2. The number of aryl methyl sites for hydroxylation is 1. The molecule has 0 spiro atoms. The van der Waals surface area contributed by atoms with Gasteiger partial charge >= 0.3 is 0 Å². The van der Waals surface area contributed by atoms with Crippen LogP contribution in [0.25, 0.3) is 0 Å². The normalized spacial score (nSPS) is 18.5. The van der Waals surface area contributed by atoms with Crippen molar-refractivity contribution in [3.63, 3.8) is 0 Å². The Morgan fingerprint density at radius 3 is 2.80 bits per heavy atom. The smallest absolute Gasteiger partial charge is 0.254 e. The van der Waals surface area contributed by atoms with E-state index in [2.05, 4.69) is 34.4 Å². The average molecular weight is 276 g/mol. The molecule has 0 saturated carbocycles. The van der Waals surface area contributed by atoms with Gasteiger partial charge in [0.2, 0.25) is 0 Å². The second-order valence-corrected chi connectivity index (χ2v) is 5.36. The third kappa shape index (κ3) is 3.33. The number of carbonyl (C=O) groups is 1. The molecule has 1 fully saturated rings. The number of hydrogen-bond donors (Lipinski definition) is 2. The van der Waals surface area contributed by atoms with Gasteiger partial charge in [0.15, 0.2) is 0 Å². The minimum absolute atomic E-state index is 0.0675. The van der Waals surface area contributed by atoms with Gasteiger partial charge in [0, 0.05) is 12.2 Å². The molecule has 2 rings (SSSR count). The van der Waals surface area contributed by atoms with Crippen molar-refractivity contribution in [2.75, 3.05) is 6.54 Å². The molecule has 1 aliphatic heterocycles. The first-order valence-electron chi connectivity index (χ1n) is 7.53. The zero-order valence-electron chi connectivity index (χ0n) is 12.6. The van der Waals surface area contributed by atoms with Crippen LogP contribution in [0.1, 0.15) is 67.4 Å². The van der Waals surface area contributed by atoms with Gasteiger partial charge in [-0.05, 0) is 39.2 Å². The van der Waals surface area contributed by atoms with Crippen molar-refractivity contribution in [3.8, 4) is 0 Å². The number of rotatable bonds is 5. The Bertz CT molecular complexity index is 465.